The van der Waals surface area contributed by atoms with Gasteiger partial charge in [0.15, 0.2) is 0 Å². The Hall–Kier alpha value is -1.12. The SMILES string of the molecule is COc1nc(C)nc2c1CCCC2. The third-order valence-corrected chi connectivity index (χ3v) is 2.45. The maximum absolute atomic E-state index is 5.24. The lowest BCUT2D eigenvalue weighted by molar-refractivity contribution is 0.385. The Morgan fingerprint density at radius 3 is 2.69 bits per heavy atom. The van der Waals surface area contributed by atoms with Gasteiger partial charge in [-0.25, -0.2) is 4.98 Å². The van der Waals surface area contributed by atoms with Crippen molar-refractivity contribution >= 4 is 0 Å². The summed E-state index contributed by atoms with van der Waals surface area (Å²) in [5, 5.41) is 0. The number of aryl methyl sites for hydroxylation is 2. The average Bonchev–Trinajstić information content (AvgIpc) is 2.16. The molecule has 0 N–H and O–H groups in total. The predicted molar refractivity (Wildman–Crippen MR) is 50.0 cm³/mol. The van der Waals surface area contributed by atoms with Gasteiger partial charge in [0, 0.05) is 5.56 Å². The fraction of sp³-hybridized carbons (Fsp3) is 0.600. The van der Waals surface area contributed by atoms with E-state index in [1.807, 2.05) is 6.92 Å². The smallest absolute Gasteiger partial charge is 0.219 e. The molecular formula is C10H14N2O. The first-order chi connectivity index (χ1) is 6.31. The normalized spacial score (nSPS) is 15.2. The monoisotopic (exact) mass is 178 g/mol. The van der Waals surface area contributed by atoms with Crippen molar-refractivity contribution in [2.75, 3.05) is 7.11 Å². The summed E-state index contributed by atoms with van der Waals surface area (Å²) in [6, 6.07) is 0. The minimum Gasteiger partial charge on any atom is -0.481 e. The summed E-state index contributed by atoms with van der Waals surface area (Å²) in [7, 11) is 1.68. The minimum atomic E-state index is 0.780. The summed E-state index contributed by atoms with van der Waals surface area (Å²) in [5.41, 5.74) is 2.41. The van der Waals surface area contributed by atoms with Crippen molar-refractivity contribution in [3.63, 3.8) is 0 Å². The molecule has 1 aliphatic carbocycles. The van der Waals surface area contributed by atoms with Crippen LogP contribution in [0.1, 0.15) is 29.9 Å². The quantitative estimate of drug-likeness (QED) is 0.656. The van der Waals surface area contributed by atoms with Gasteiger partial charge in [-0.3, -0.25) is 0 Å². The molecule has 0 unspecified atom stereocenters. The molecule has 1 aliphatic rings. The molecule has 0 saturated carbocycles. The molecule has 1 heterocycles. The first-order valence-electron chi connectivity index (χ1n) is 4.71. The lowest BCUT2D eigenvalue weighted by Crippen LogP contribution is -2.10. The summed E-state index contributed by atoms with van der Waals surface area (Å²) in [6.07, 6.45) is 4.62. The van der Waals surface area contributed by atoms with Crippen LogP contribution in [0.25, 0.3) is 0 Å². The Labute approximate surface area is 78.2 Å². The van der Waals surface area contributed by atoms with Crippen LogP contribution in [0.15, 0.2) is 0 Å². The zero-order chi connectivity index (χ0) is 9.26. The van der Waals surface area contributed by atoms with E-state index in [4.69, 9.17) is 4.74 Å². The molecule has 0 aliphatic heterocycles. The Bertz CT molecular complexity index is 306. The second-order valence-electron chi connectivity index (χ2n) is 3.41. The molecule has 0 fully saturated rings. The Morgan fingerprint density at radius 1 is 1.15 bits per heavy atom. The Balaban J connectivity index is 2.50. The van der Waals surface area contributed by atoms with Crippen LogP contribution in [0.5, 0.6) is 5.88 Å². The fourth-order valence-electron chi connectivity index (χ4n) is 1.85. The maximum Gasteiger partial charge on any atom is 0.219 e. The van der Waals surface area contributed by atoms with E-state index in [9.17, 15) is 0 Å². The van der Waals surface area contributed by atoms with Crippen LogP contribution in [0.4, 0.5) is 0 Å². The summed E-state index contributed by atoms with van der Waals surface area (Å²) >= 11 is 0. The van der Waals surface area contributed by atoms with Gasteiger partial charge in [0.25, 0.3) is 0 Å². The topological polar surface area (TPSA) is 35.0 Å². The summed E-state index contributed by atoms with van der Waals surface area (Å²) in [5.74, 6) is 1.60. The van der Waals surface area contributed by atoms with Crippen molar-refractivity contribution in [3.8, 4) is 5.88 Å². The highest BCUT2D eigenvalue weighted by Gasteiger charge is 2.16. The number of hydrogen-bond donors (Lipinski definition) is 0. The second-order valence-corrected chi connectivity index (χ2v) is 3.41. The molecule has 0 aromatic carbocycles. The molecule has 3 nitrogen and oxygen atoms in total. The van der Waals surface area contributed by atoms with Crippen molar-refractivity contribution in [1.82, 2.24) is 9.97 Å². The largest absolute Gasteiger partial charge is 0.481 e. The molecule has 0 saturated heterocycles. The predicted octanol–water partition coefficient (Wildman–Crippen LogP) is 1.67. The van der Waals surface area contributed by atoms with Crippen molar-refractivity contribution in [3.05, 3.63) is 17.1 Å². The molecule has 0 spiro atoms. The standard InChI is InChI=1S/C10H14N2O/c1-7-11-9-6-4-3-5-8(9)10(12-7)13-2/h3-6H2,1-2H3. The van der Waals surface area contributed by atoms with Gasteiger partial charge < -0.3 is 4.74 Å². The van der Waals surface area contributed by atoms with Crippen LogP contribution in [-0.4, -0.2) is 17.1 Å². The molecule has 0 radical (unpaired) electrons. The van der Waals surface area contributed by atoms with Crippen LogP contribution < -0.4 is 4.74 Å². The highest BCUT2D eigenvalue weighted by molar-refractivity contribution is 5.32. The van der Waals surface area contributed by atoms with E-state index in [2.05, 4.69) is 9.97 Å². The first kappa shape index (κ1) is 8.48. The number of ether oxygens (including phenoxy) is 1. The molecule has 0 amide bonds. The summed E-state index contributed by atoms with van der Waals surface area (Å²) in [6.45, 7) is 1.91. The van der Waals surface area contributed by atoms with Gasteiger partial charge in [-0.1, -0.05) is 0 Å². The minimum absolute atomic E-state index is 0.780. The maximum atomic E-state index is 5.24. The van der Waals surface area contributed by atoms with Gasteiger partial charge in [0.05, 0.1) is 12.8 Å². The molecule has 1 aromatic heterocycles. The van der Waals surface area contributed by atoms with Crippen LogP contribution in [0.3, 0.4) is 0 Å². The lowest BCUT2D eigenvalue weighted by Gasteiger charge is -2.16. The van der Waals surface area contributed by atoms with Crippen molar-refractivity contribution in [1.29, 1.82) is 0 Å². The van der Waals surface area contributed by atoms with E-state index >= 15 is 0 Å². The van der Waals surface area contributed by atoms with E-state index in [1.165, 1.54) is 24.1 Å². The summed E-state index contributed by atoms with van der Waals surface area (Å²) < 4.78 is 5.24. The van der Waals surface area contributed by atoms with E-state index < -0.39 is 0 Å². The third-order valence-electron chi connectivity index (χ3n) is 2.45. The van der Waals surface area contributed by atoms with Gasteiger partial charge in [0.1, 0.15) is 5.82 Å². The molecule has 2 rings (SSSR count). The first-order valence-corrected chi connectivity index (χ1v) is 4.71. The number of fused-ring (bicyclic) bond motifs is 1. The number of nitrogens with zero attached hydrogens (tertiary/aromatic N) is 2. The Kier molecular flexibility index (Phi) is 2.17. The van der Waals surface area contributed by atoms with Crippen molar-refractivity contribution < 1.29 is 4.74 Å². The van der Waals surface area contributed by atoms with Gasteiger partial charge in [0.2, 0.25) is 5.88 Å². The van der Waals surface area contributed by atoms with Gasteiger partial charge in [-0.15, -0.1) is 0 Å². The van der Waals surface area contributed by atoms with Crippen LogP contribution >= 0.6 is 0 Å². The zero-order valence-corrected chi connectivity index (χ0v) is 8.13. The number of aromatic nitrogens is 2. The van der Waals surface area contributed by atoms with E-state index in [0.29, 0.717) is 0 Å². The van der Waals surface area contributed by atoms with Gasteiger partial charge >= 0.3 is 0 Å². The van der Waals surface area contributed by atoms with E-state index in [-0.39, 0.29) is 0 Å². The van der Waals surface area contributed by atoms with Crippen LogP contribution in [0.2, 0.25) is 0 Å². The highest BCUT2D eigenvalue weighted by atomic mass is 16.5. The molecular weight excluding hydrogens is 164 g/mol. The van der Waals surface area contributed by atoms with Gasteiger partial charge in [-0.2, -0.15) is 4.98 Å². The fourth-order valence-corrected chi connectivity index (χ4v) is 1.85. The molecule has 3 heteroatoms. The van der Waals surface area contributed by atoms with Gasteiger partial charge in [-0.05, 0) is 32.6 Å². The van der Waals surface area contributed by atoms with Crippen LogP contribution in [-0.2, 0) is 12.8 Å². The molecule has 1 aromatic rings. The molecule has 0 bridgehead atoms. The molecule has 0 atom stereocenters. The summed E-state index contributed by atoms with van der Waals surface area (Å²) in [4.78, 5) is 8.70. The highest BCUT2D eigenvalue weighted by Crippen LogP contribution is 2.26. The average molecular weight is 178 g/mol. The lowest BCUT2D eigenvalue weighted by atomic mass is 9.97. The van der Waals surface area contributed by atoms with E-state index in [0.717, 1.165) is 24.5 Å². The number of rotatable bonds is 1. The van der Waals surface area contributed by atoms with Crippen LogP contribution in [0, 0.1) is 6.92 Å². The zero-order valence-electron chi connectivity index (χ0n) is 8.13. The molecule has 13 heavy (non-hydrogen) atoms. The molecule has 70 valence electrons. The third kappa shape index (κ3) is 1.50. The number of methoxy groups -OCH3 is 1. The second kappa shape index (κ2) is 3.32. The van der Waals surface area contributed by atoms with E-state index in [1.54, 1.807) is 7.11 Å². The van der Waals surface area contributed by atoms with Crippen molar-refractivity contribution in [2.45, 2.75) is 32.6 Å². The van der Waals surface area contributed by atoms with Crippen molar-refractivity contribution in [2.24, 2.45) is 0 Å². The Morgan fingerprint density at radius 2 is 1.92 bits per heavy atom. The number of hydrogen-bond acceptors (Lipinski definition) is 3.